The predicted octanol–water partition coefficient (Wildman–Crippen LogP) is 8.78. The third-order valence-electron chi connectivity index (χ3n) is 7.74. The van der Waals surface area contributed by atoms with Crippen molar-refractivity contribution in [3.05, 3.63) is 133 Å². The van der Waals surface area contributed by atoms with Crippen molar-refractivity contribution in [2.24, 2.45) is 10.9 Å². The molecule has 0 saturated carbocycles. The van der Waals surface area contributed by atoms with Gasteiger partial charge in [0, 0.05) is 41.8 Å². The summed E-state index contributed by atoms with van der Waals surface area (Å²) in [5.74, 6) is 0.909. The summed E-state index contributed by atoms with van der Waals surface area (Å²) in [6.45, 7) is 2.31. The minimum atomic E-state index is -0.324. The lowest BCUT2D eigenvalue weighted by atomic mass is 9.71. The van der Waals surface area contributed by atoms with Crippen LogP contribution >= 0.6 is 11.3 Å². The number of thiophene rings is 1. The number of aliphatic imine (C=N–C) groups is 1. The van der Waals surface area contributed by atoms with Gasteiger partial charge in [-0.05, 0) is 80.9 Å². The summed E-state index contributed by atoms with van der Waals surface area (Å²) in [5.41, 5.74) is 8.40. The molecular weight excluding hydrogens is 488 g/mol. The highest BCUT2D eigenvalue weighted by Gasteiger charge is 2.29. The largest absolute Gasteiger partial charge is 0.270 e. The maximum absolute atomic E-state index is 11.1. The first-order valence-corrected chi connectivity index (χ1v) is 13.9. The fourth-order valence-corrected chi connectivity index (χ4v) is 6.60. The van der Waals surface area contributed by atoms with Gasteiger partial charge in [0.05, 0.1) is 4.92 Å². The van der Waals surface area contributed by atoms with Crippen LogP contribution < -0.4 is 0 Å². The van der Waals surface area contributed by atoms with Gasteiger partial charge in [0.1, 0.15) is 0 Å². The predicted molar refractivity (Wildman–Crippen MR) is 159 cm³/mol. The minimum Gasteiger partial charge on any atom is -0.269 e. The Morgan fingerprint density at radius 3 is 2.71 bits per heavy atom. The van der Waals surface area contributed by atoms with Gasteiger partial charge < -0.3 is 0 Å². The average molecular weight is 517 g/mol. The van der Waals surface area contributed by atoms with Gasteiger partial charge in [-0.25, -0.2) is 0 Å². The zero-order valence-electron chi connectivity index (χ0n) is 21.2. The third kappa shape index (κ3) is 4.66. The van der Waals surface area contributed by atoms with Crippen LogP contribution in [0, 0.1) is 16.0 Å². The molecule has 4 nitrogen and oxygen atoms in total. The molecule has 2 atom stereocenters. The molecule has 38 heavy (non-hydrogen) atoms. The Hall–Kier alpha value is -4.09. The number of nitrogens with zero attached hydrogens (tertiary/aromatic N) is 2. The van der Waals surface area contributed by atoms with Crippen LogP contribution in [-0.4, -0.2) is 11.1 Å². The molecule has 0 saturated heterocycles. The Labute approximate surface area is 226 Å². The number of benzene rings is 3. The number of fused-ring (bicyclic) bond motifs is 5. The van der Waals surface area contributed by atoms with E-state index in [0.717, 1.165) is 30.0 Å². The van der Waals surface area contributed by atoms with Gasteiger partial charge in [0.2, 0.25) is 0 Å². The summed E-state index contributed by atoms with van der Waals surface area (Å²) >= 11 is 1.77. The fraction of sp³-hybridized carbons (Fsp3) is 0.182. The monoisotopic (exact) mass is 516 g/mol. The van der Waals surface area contributed by atoms with Gasteiger partial charge in [-0.1, -0.05) is 67.1 Å². The van der Waals surface area contributed by atoms with E-state index in [4.69, 9.17) is 0 Å². The maximum atomic E-state index is 11.1. The SMILES string of the molecule is C1=Cc2sccc2CC=N1.CC1Cc2c(ccc3cc([N+](=O)[O-])ccc23)C2=C1CC(c1ccccc1)C=C2. The second-order valence-electron chi connectivity index (χ2n) is 10.0. The Bertz CT molecular complexity index is 1640. The highest BCUT2D eigenvalue weighted by Crippen LogP contribution is 2.45. The second kappa shape index (κ2) is 10.3. The molecule has 5 heteroatoms. The summed E-state index contributed by atoms with van der Waals surface area (Å²) in [7, 11) is 0. The molecule has 0 amide bonds. The zero-order chi connectivity index (χ0) is 26.1. The Kier molecular flexibility index (Phi) is 6.61. The van der Waals surface area contributed by atoms with Crippen LogP contribution in [0.5, 0.6) is 0 Å². The molecule has 1 aliphatic heterocycles. The van der Waals surface area contributed by atoms with Crippen LogP contribution in [0.4, 0.5) is 5.69 Å². The number of hydrogen-bond acceptors (Lipinski definition) is 4. The highest BCUT2D eigenvalue weighted by molar-refractivity contribution is 7.11. The van der Waals surface area contributed by atoms with Gasteiger partial charge in [0.25, 0.3) is 5.69 Å². The van der Waals surface area contributed by atoms with Crippen LogP contribution in [0.15, 0.2) is 101 Å². The van der Waals surface area contributed by atoms with Crippen molar-refractivity contribution in [2.75, 3.05) is 0 Å². The van der Waals surface area contributed by atoms with Gasteiger partial charge in [0.15, 0.2) is 0 Å². The number of rotatable bonds is 2. The third-order valence-corrected chi connectivity index (χ3v) is 8.66. The molecule has 3 aromatic carbocycles. The van der Waals surface area contributed by atoms with E-state index in [1.165, 1.54) is 38.3 Å². The topological polar surface area (TPSA) is 55.5 Å². The summed E-state index contributed by atoms with van der Waals surface area (Å²) in [6, 6.07) is 22.3. The van der Waals surface area contributed by atoms with Crippen LogP contribution in [0.3, 0.4) is 0 Å². The van der Waals surface area contributed by atoms with E-state index >= 15 is 0 Å². The Morgan fingerprint density at radius 1 is 1.00 bits per heavy atom. The van der Waals surface area contributed by atoms with E-state index in [9.17, 15) is 10.1 Å². The molecule has 0 radical (unpaired) electrons. The van der Waals surface area contributed by atoms with Crippen LogP contribution in [-0.2, 0) is 12.8 Å². The maximum Gasteiger partial charge on any atom is 0.270 e. The summed E-state index contributed by atoms with van der Waals surface area (Å²) in [5, 5.41) is 15.3. The zero-order valence-corrected chi connectivity index (χ0v) is 22.0. The molecule has 3 aliphatic rings. The normalized spacial score (nSPS) is 19.2. The van der Waals surface area contributed by atoms with Gasteiger partial charge in [-0.2, -0.15) is 0 Å². The lowest BCUT2D eigenvalue weighted by molar-refractivity contribution is -0.384. The van der Waals surface area contributed by atoms with Crippen molar-refractivity contribution in [1.82, 2.24) is 0 Å². The molecule has 0 N–H and O–H groups in total. The van der Waals surface area contributed by atoms with E-state index < -0.39 is 0 Å². The van der Waals surface area contributed by atoms with Crippen LogP contribution in [0.25, 0.3) is 22.4 Å². The highest BCUT2D eigenvalue weighted by atomic mass is 32.1. The van der Waals surface area contributed by atoms with Crippen molar-refractivity contribution in [2.45, 2.75) is 32.1 Å². The first kappa shape index (κ1) is 24.3. The quantitative estimate of drug-likeness (QED) is 0.197. The van der Waals surface area contributed by atoms with E-state index in [1.807, 2.05) is 24.5 Å². The summed E-state index contributed by atoms with van der Waals surface area (Å²) < 4.78 is 0. The smallest absolute Gasteiger partial charge is 0.269 e. The Morgan fingerprint density at radius 2 is 1.87 bits per heavy atom. The molecule has 7 rings (SSSR count). The van der Waals surface area contributed by atoms with E-state index in [2.05, 4.69) is 78.0 Å². The number of hydrogen-bond donors (Lipinski definition) is 0. The average Bonchev–Trinajstić information content (AvgIpc) is 3.28. The molecule has 2 unspecified atom stereocenters. The number of nitro benzene ring substituents is 1. The number of nitro groups is 1. The molecule has 2 heterocycles. The molecule has 0 bridgehead atoms. The molecule has 1 aromatic heterocycles. The van der Waals surface area contributed by atoms with E-state index in [-0.39, 0.29) is 10.6 Å². The Balaban J connectivity index is 0.000000221. The molecule has 188 valence electrons. The molecule has 2 aliphatic carbocycles. The van der Waals surface area contributed by atoms with Crippen molar-refractivity contribution in [1.29, 1.82) is 0 Å². The van der Waals surface area contributed by atoms with Gasteiger partial charge in [-0.15, -0.1) is 11.3 Å². The molecule has 0 spiro atoms. The van der Waals surface area contributed by atoms with Crippen LogP contribution in [0.2, 0.25) is 0 Å². The minimum absolute atomic E-state index is 0.152. The van der Waals surface area contributed by atoms with Gasteiger partial charge in [-0.3, -0.25) is 15.1 Å². The van der Waals surface area contributed by atoms with E-state index in [1.54, 1.807) is 23.5 Å². The van der Waals surface area contributed by atoms with E-state index in [0.29, 0.717) is 11.8 Å². The lowest BCUT2D eigenvalue weighted by Crippen LogP contribution is -2.18. The number of allylic oxidation sites excluding steroid dienone is 4. The first-order valence-electron chi connectivity index (χ1n) is 13.0. The van der Waals surface area contributed by atoms with Crippen LogP contribution in [0.1, 0.15) is 46.4 Å². The van der Waals surface area contributed by atoms with Crippen molar-refractivity contribution in [3.8, 4) is 0 Å². The first-order chi connectivity index (χ1) is 18.6. The lowest BCUT2D eigenvalue weighted by Gasteiger charge is -2.33. The molecule has 0 fully saturated rings. The van der Waals surface area contributed by atoms with Crippen molar-refractivity contribution in [3.63, 3.8) is 0 Å². The summed E-state index contributed by atoms with van der Waals surface area (Å²) in [4.78, 5) is 16.2. The molecular formula is C33H28N2O2S. The second-order valence-corrected chi connectivity index (χ2v) is 11.0. The fourth-order valence-electron chi connectivity index (χ4n) is 5.77. The van der Waals surface area contributed by atoms with Gasteiger partial charge >= 0.3 is 0 Å². The summed E-state index contributed by atoms with van der Waals surface area (Å²) in [6.07, 6.45) is 13.5. The number of non-ortho nitro benzene ring substituents is 1. The van der Waals surface area contributed by atoms with Crippen molar-refractivity contribution >= 4 is 45.7 Å². The molecule has 4 aromatic rings. The van der Waals surface area contributed by atoms with Crippen molar-refractivity contribution < 1.29 is 4.92 Å². The standard InChI is InChI=1S/C25H21NO2.C8H7NS/c1-16-13-25-21-12-9-20(26(27)28)14-19(21)8-11-23(25)22-10-7-18(15-24(16)22)17-5-3-2-4-6-17;1-4-9-5-2-8-7(1)3-6-10-8/h2-12,14,16,18H,13,15H2,1H3;2-6H,1H2.